The second-order valence-corrected chi connectivity index (χ2v) is 8.64. The lowest BCUT2D eigenvalue weighted by atomic mass is 10.3. The van der Waals surface area contributed by atoms with Crippen molar-refractivity contribution in [3.63, 3.8) is 0 Å². The van der Waals surface area contributed by atoms with Gasteiger partial charge in [0.05, 0.1) is 22.1 Å². The van der Waals surface area contributed by atoms with Gasteiger partial charge in [0.15, 0.2) is 9.84 Å². The van der Waals surface area contributed by atoms with Gasteiger partial charge >= 0.3 is 0 Å². The minimum Gasteiger partial charge on any atom is -0.398 e. The number of hydrogen-bond acceptors (Lipinski definition) is 5. The minimum atomic E-state index is -3.69. The topological polar surface area (TPSA) is 94.3 Å². The zero-order valence-electron chi connectivity index (χ0n) is 10.5. The van der Waals surface area contributed by atoms with Gasteiger partial charge in [-0.2, -0.15) is 0 Å². The van der Waals surface area contributed by atoms with E-state index in [0.717, 1.165) is 18.2 Å². The molecule has 0 fully saturated rings. The molecule has 108 valence electrons. The zero-order valence-corrected chi connectivity index (χ0v) is 12.1. The number of rotatable bonds is 6. The van der Waals surface area contributed by atoms with Crippen LogP contribution in [-0.2, 0) is 19.7 Å². The third kappa shape index (κ3) is 4.46. The van der Waals surface area contributed by atoms with Gasteiger partial charge in [-0.25, -0.2) is 21.2 Å². The van der Waals surface area contributed by atoms with E-state index in [1.165, 1.54) is 6.92 Å². The Labute approximate surface area is 112 Å². The normalized spacial score (nSPS) is 12.5. The van der Waals surface area contributed by atoms with Gasteiger partial charge in [-0.15, -0.1) is 0 Å². The summed E-state index contributed by atoms with van der Waals surface area (Å²) < 4.78 is 59.2. The van der Waals surface area contributed by atoms with E-state index < -0.39 is 25.5 Å². The van der Waals surface area contributed by atoms with Crippen LogP contribution in [0.25, 0.3) is 0 Å². The highest BCUT2D eigenvalue weighted by Gasteiger charge is 2.19. The average molecular weight is 309 g/mol. The number of sulfone groups is 2. The molecule has 0 aliphatic carbocycles. The number of halogens is 1. The highest BCUT2D eigenvalue weighted by atomic mass is 32.2. The van der Waals surface area contributed by atoms with Gasteiger partial charge in [-0.05, 0) is 24.6 Å². The molecule has 0 heterocycles. The SMILES string of the molecule is CCS(=O)(=O)CCCS(=O)(=O)c1ccc(F)cc1N. The molecule has 0 bridgehead atoms. The predicted octanol–water partition coefficient (Wildman–Crippen LogP) is 1.01. The molecule has 19 heavy (non-hydrogen) atoms. The Kier molecular flexibility index (Phi) is 4.92. The monoisotopic (exact) mass is 309 g/mol. The molecule has 0 aromatic heterocycles. The van der Waals surface area contributed by atoms with Crippen LogP contribution < -0.4 is 5.73 Å². The van der Waals surface area contributed by atoms with Crippen molar-refractivity contribution in [3.05, 3.63) is 24.0 Å². The van der Waals surface area contributed by atoms with Crippen LogP contribution in [0.15, 0.2) is 23.1 Å². The molecular formula is C11H16FNO4S2. The minimum absolute atomic E-state index is 0.00464. The van der Waals surface area contributed by atoms with Crippen LogP contribution in [0.2, 0.25) is 0 Å². The van der Waals surface area contributed by atoms with E-state index in [1.54, 1.807) is 0 Å². The summed E-state index contributed by atoms with van der Waals surface area (Å²) in [6.45, 7) is 1.50. The molecule has 1 aromatic carbocycles. The predicted molar refractivity (Wildman–Crippen MR) is 71.8 cm³/mol. The van der Waals surface area contributed by atoms with Crippen molar-refractivity contribution >= 4 is 25.4 Å². The lowest BCUT2D eigenvalue weighted by Crippen LogP contribution is -2.15. The molecule has 0 saturated heterocycles. The Balaban J connectivity index is 2.82. The van der Waals surface area contributed by atoms with Gasteiger partial charge in [-0.3, -0.25) is 0 Å². The summed E-state index contributed by atoms with van der Waals surface area (Å²) in [6, 6.07) is 3.02. The Morgan fingerprint density at radius 2 is 1.79 bits per heavy atom. The number of nitrogens with two attached hydrogens (primary N) is 1. The zero-order chi connectivity index (χ0) is 14.7. The maximum atomic E-state index is 12.8. The Morgan fingerprint density at radius 3 is 2.32 bits per heavy atom. The van der Waals surface area contributed by atoms with Gasteiger partial charge in [0.2, 0.25) is 0 Å². The van der Waals surface area contributed by atoms with Crippen molar-refractivity contribution < 1.29 is 21.2 Å². The van der Waals surface area contributed by atoms with Crippen molar-refractivity contribution in [3.8, 4) is 0 Å². The van der Waals surface area contributed by atoms with E-state index in [1.807, 2.05) is 0 Å². The highest BCUT2D eigenvalue weighted by molar-refractivity contribution is 7.92. The van der Waals surface area contributed by atoms with E-state index in [0.29, 0.717) is 0 Å². The van der Waals surface area contributed by atoms with Crippen LogP contribution in [0.5, 0.6) is 0 Å². The second-order valence-electron chi connectivity index (χ2n) is 4.09. The summed E-state index contributed by atoms with van der Waals surface area (Å²) in [5, 5.41) is 0. The molecule has 0 aliphatic heterocycles. The molecule has 5 nitrogen and oxygen atoms in total. The molecule has 1 aromatic rings. The van der Waals surface area contributed by atoms with Crippen LogP contribution in [0.4, 0.5) is 10.1 Å². The summed E-state index contributed by atoms with van der Waals surface area (Å²) in [6.07, 6.45) is -0.00464. The number of nitrogen functional groups attached to an aromatic ring is 1. The van der Waals surface area contributed by atoms with Crippen molar-refractivity contribution in [1.29, 1.82) is 0 Å². The van der Waals surface area contributed by atoms with E-state index in [2.05, 4.69) is 0 Å². The maximum absolute atomic E-state index is 12.8. The van der Waals surface area contributed by atoms with Crippen LogP contribution in [-0.4, -0.2) is 34.1 Å². The molecule has 0 atom stereocenters. The van der Waals surface area contributed by atoms with E-state index in [9.17, 15) is 21.2 Å². The van der Waals surface area contributed by atoms with Gasteiger partial charge in [0.1, 0.15) is 15.7 Å². The smallest absolute Gasteiger partial charge is 0.180 e. The average Bonchev–Trinajstić information content (AvgIpc) is 2.27. The number of hydrogen-bond donors (Lipinski definition) is 1. The Morgan fingerprint density at radius 1 is 1.16 bits per heavy atom. The standard InChI is InChI=1S/C11H16FNO4S2/c1-2-18(14,15)6-3-7-19(16,17)11-5-4-9(12)8-10(11)13/h4-5,8H,2-3,6-7,13H2,1H3. The molecule has 8 heteroatoms. The van der Waals surface area contributed by atoms with Crippen LogP contribution in [0, 0.1) is 5.82 Å². The molecule has 0 radical (unpaired) electrons. The molecule has 1 rings (SSSR count). The van der Waals surface area contributed by atoms with Gasteiger partial charge in [-0.1, -0.05) is 6.92 Å². The summed E-state index contributed by atoms with van der Waals surface area (Å²) in [4.78, 5) is -0.164. The fourth-order valence-electron chi connectivity index (χ4n) is 1.53. The molecule has 0 unspecified atom stereocenters. The second kappa shape index (κ2) is 5.87. The third-order valence-electron chi connectivity index (χ3n) is 2.62. The molecule has 0 amide bonds. The third-order valence-corrected chi connectivity index (χ3v) is 6.27. The van der Waals surface area contributed by atoms with Crippen LogP contribution in [0.1, 0.15) is 13.3 Å². The fraction of sp³-hybridized carbons (Fsp3) is 0.455. The molecule has 2 N–H and O–H groups in total. The van der Waals surface area contributed by atoms with Gasteiger partial charge < -0.3 is 5.73 Å². The van der Waals surface area contributed by atoms with Crippen molar-refractivity contribution in [1.82, 2.24) is 0 Å². The molecular weight excluding hydrogens is 293 g/mol. The first-order chi connectivity index (χ1) is 8.68. The summed E-state index contributed by atoms with van der Waals surface area (Å²) in [7, 11) is -6.89. The molecule has 0 spiro atoms. The van der Waals surface area contributed by atoms with Crippen LogP contribution >= 0.6 is 0 Å². The Bertz CT molecular complexity index is 653. The highest BCUT2D eigenvalue weighted by Crippen LogP contribution is 2.21. The van der Waals surface area contributed by atoms with Crippen LogP contribution in [0.3, 0.4) is 0 Å². The summed E-state index contributed by atoms with van der Waals surface area (Å²) in [5.74, 6) is -1.16. The van der Waals surface area contributed by atoms with E-state index in [4.69, 9.17) is 5.73 Å². The maximum Gasteiger partial charge on any atom is 0.180 e. The first-order valence-corrected chi connectivity index (χ1v) is 9.13. The Hall–Kier alpha value is -1.15. The van der Waals surface area contributed by atoms with Gasteiger partial charge in [0.25, 0.3) is 0 Å². The molecule has 0 aliphatic rings. The quantitative estimate of drug-likeness (QED) is 0.625. The summed E-state index contributed by atoms with van der Waals surface area (Å²) in [5.41, 5.74) is 5.29. The van der Waals surface area contributed by atoms with Crippen molar-refractivity contribution in [2.24, 2.45) is 0 Å². The largest absolute Gasteiger partial charge is 0.398 e. The number of anilines is 1. The van der Waals surface area contributed by atoms with E-state index in [-0.39, 0.29) is 34.3 Å². The lowest BCUT2D eigenvalue weighted by molar-refractivity contribution is 0.590. The first-order valence-electron chi connectivity index (χ1n) is 5.66. The fourth-order valence-corrected chi connectivity index (χ4v) is 4.02. The van der Waals surface area contributed by atoms with Crippen molar-refractivity contribution in [2.75, 3.05) is 23.0 Å². The molecule has 0 saturated carbocycles. The van der Waals surface area contributed by atoms with E-state index >= 15 is 0 Å². The number of benzene rings is 1. The van der Waals surface area contributed by atoms with Gasteiger partial charge in [0, 0.05) is 5.75 Å². The summed E-state index contributed by atoms with van der Waals surface area (Å²) >= 11 is 0. The first kappa shape index (κ1) is 15.9. The van der Waals surface area contributed by atoms with Crippen molar-refractivity contribution in [2.45, 2.75) is 18.2 Å². The lowest BCUT2D eigenvalue weighted by Gasteiger charge is -2.07.